The average Bonchev–Trinajstić information content (AvgIpc) is 4.01. The topological polar surface area (TPSA) is 48.8 Å². The van der Waals surface area contributed by atoms with E-state index in [1.807, 2.05) is 36.4 Å². The molecule has 294 valence electrons. The molecule has 0 radical (unpaired) electrons. The van der Waals surface area contributed by atoms with Crippen LogP contribution in [-0.4, -0.2) is 19.1 Å². The molecule has 13 aromatic rings. The van der Waals surface area contributed by atoms with Crippen LogP contribution < -0.4 is 0 Å². The van der Waals surface area contributed by atoms with Crippen molar-refractivity contribution < 1.29 is 4.42 Å². The number of hydrogen-bond acceptors (Lipinski definition) is 3. The first-order chi connectivity index (χ1) is 31.2. The number of para-hydroxylation sites is 4. The van der Waals surface area contributed by atoms with Gasteiger partial charge in [0.15, 0.2) is 5.82 Å². The zero-order chi connectivity index (χ0) is 41.4. The van der Waals surface area contributed by atoms with Gasteiger partial charge in [-0.05, 0) is 83.9 Å². The van der Waals surface area contributed by atoms with Crippen molar-refractivity contribution in [3.8, 4) is 56.4 Å². The Morgan fingerprint density at radius 3 is 1.71 bits per heavy atom. The van der Waals surface area contributed by atoms with Crippen LogP contribution in [0.3, 0.4) is 0 Å². The minimum Gasteiger partial charge on any atom is -0.456 e. The lowest BCUT2D eigenvalue weighted by molar-refractivity contribution is 0.669. The molecule has 0 saturated carbocycles. The quantitative estimate of drug-likeness (QED) is 0.168. The largest absolute Gasteiger partial charge is 0.456 e. The molecule has 9 aromatic carbocycles. The highest BCUT2D eigenvalue weighted by Gasteiger charge is 2.23. The molecule has 0 aliphatic rings. The molecule has 4 heterocycles. The number of benzene rings is 9. The van der Waals surface area contributed by atoms with Gasteiger partial charge in [0.05, 0.1) is 33.5 Å². The molecule has 0 atom stereocenters. The minimum absolute atomic E-state index is 0.682. The summed E-state index contributed by atoms with van der Waals surface area (Å²) < 4.78 is 11.1. The Kier molecular flexibility index (Phi) is 7.84. The number of nitrogens with zero attached hydrogens (tertiary/aromatic N) is 4. The minimum atomic E-state index is 0.682. The third kappa shape index (κ3) is 5.57. The van der Waals surface area contributed by atoms with E-state index < -0.39 is 0 Å². The van der Waals surface area contributed by atoms with Crippen LogP contribution in [0.2, 0.25) is 0 Å². The van der Waals surface area contributed by atoms with Crippen molar-refractivity contribution in [2.45, 2.75) is 0 Å². The lowest BCUT2D eigenvalue weighted by Crippen LogP contribution is -1.98. The van der Waals surface area contributed by atoms with E-state index in [9.17, 15) is 0 Å². The molecule has 0 amide bonds. The van der Waals surface area contributed by atoms with E-state index in [2.05, 4.69) is 191 Å². The van der Waals surface area contributed by atoms with Crippen LogP contribution in [0.4, 0.5) is 0 Å². The summed E-state index contributed by atoms with van der Waals surface area (Å²) in [6.45, 7) is 0. The van der Waals surface area contributed by atoms with Gasteiger partial charge in [-0.2, -0.15) is 0 Å². The molecule has 5 nitrogen and oxygen atoms in total. The standard InChI is InChI=1S/C58H36N4O/c1-4-17-37(18-5-1)49-36-50(60-58(59-49)38-19-6-2-7-20-38)46-34-47-41-23-10-13-27-51(41)61(39-21-8-3-9-22-39)54(47)35-45(46)43-26-16-29-53-57(43)44-25-11-14-28-52(44)62(53)40-31-32-56-48(33-40)42-24-12-15-30-55(42)63-56/h1-36H. The van der Waals surface area contributed by atoms with Crippen molar-refractivity contribution in [1.29, 1.82) is 0 Å². The molecule has 0 aliphatic carbocycles. The summed E-state index contributed by atoms with van der Waals surface area (Å²) in [5, 5.41) is 6.89. The SMILES string of the molecule is c1ccc(-c2cc(-c3cc4c5ccccc5n(-c5ccccc5)c4cc3-c3cccc4c3c3ccccc3n4-c3ccc4oc5ccccc5c4c3)nc(-c3ccccc3)n2)cc1. The molecule has 0 unspecified atom stereocenters. The van der Waals surface area contributed by atoms with Gasteiger partial charge in [-0.3, -0.25) is 0 Å². The first kappa shape index (κ1) is 35.2. The van der Waals surface area contributed by atoms with Crippen LogP contribution >= 0.6 is 0 Å². The van der Waals surface area contributed by atoms with Crippen LogP contribution in [0.5, 0.6) is 0 Å². The molecule has 63 heavy (non-hydrogen) atoms. The smallest absolute Gasteiger partial charge is 0.160 e. The Hall–Kier alpha value is -8.54. The monoisotopic (exact) mass is 804 g/mol. The molecule has 0 spiro atoms. The van der Waals surface area contributed by atoms with Gasteiger partial charge in [-0.1, -0.05) is 146 Å². The van der Waals surface area contributed by atoms with Gasteiger partial charge >= 0.3 is 0 Å². The summed E-state index contributed by atoms with van der Waals surface area (Å²) in [6, 6.07) is 77.4. The highest BCUT2D eigenvalue weighted by atomic mass is 16.3. The van der Waals surface area contributed by atoms with Crippen molar-refractivity contribution in [2.24, 2.45) is 0 Å². The van der Waals surface area contributed by atoms with Gasteiger partial charge in [-0.15, -0.1) is 0 Å². The van der Waals surface area contributed by atoms with Gasteiger partial charge in [0.1, 0.15) is 11.2 Å². The summed E-state index contributed by atoms with van der Waals surface area (Å²) >= 11 is 0. The van der Waals surface area contributed by atoms with E-state index in [4.69, 9.17) is 14.4 Å². The first-order valence-corrected chi connectivity index (χ1v) is 21.3. The third-order valence-corrected chi connectivity index (χ3v) is 12.5. The molecule has 0 N–H and O–H groups in total. The molecule has 0 aliphatic heterocycles. The number of furan rings is 1. The zero-order valence-corrected chi connectivity index (χ0v) is 34.0. The molecule has 0 fully saturated rings. The number of rotatable bonds is 6. The van der Waals surface area contributed by atoms with E-state index in [1.54, 1.807) is 0 Å². The Labute approximate surface area is 362 Å². The van der Waals surface area contributed by atoms with Gasteiger partial charge < -0.3 is 13.6 Å². The Balaban J connectivity index is 1.15. The van der Waals surface area contributed by atoms with Crippen molar-refractivity contribution >= 4 is 65.6 Å². The van der Waals surface area contributed by atoms with Gasteiger partial charge in [-0.25, -0.2) is 9.97 Å². The fraction of sp³-hybridized carbons (Fsp3) is 0. The van der Waals surface area contributed by atoms with E-state index in [1.165, 1.54) is 16.2 Å². The van der Waals surface area contributed by atoms with Crippen LogP contribution in [0.1, 0.15) is 0 Å². The first-order valence-electron chi connectivity index (χ1n) is 21.3. The molecule has 5 heteroatoms. The zero-order valence-electron chi connectivity index (χ0n) is 34.0. The predicted molar refractivity (Wildman–Crippen MR) is 260 cm³/mol. The predicted octanol–water partition coefficient (Wildman–Crippen LogP) is 15.2. The molecule has 4 aromatic heterocycles. The molecular weight excluding hydrogens is 769 g/mol. The highest BCUT2D eigenvalue weighted by molar-refractivity contribution is 6.19. The fourth-order valence-electron chi connectivity index (χ4n) is 9.74. The van der Waals surface area contributed by atoms with E-state index in [-0.39, 0.29) is 0 Å². The maximum Gasteiger partial charge on any atom is 0.160 e. The van der Waals surface area contributed by atoms with Crippen molar-refractivity contribution in [1.82, 2.24) is 19.1 Å². The molecule has 0 bridgehead atoms. The van der Waals surface area contributed by atoms with E-state index >= 15 is 0 Å². The van der Waals surface area contributed by atoms with E-state index in [0.717, 1.165) is 100.0 Å². The summed E-state index contributed by atoms with van der Waals surface area (Å²) in [6.07, 6.45) is 0. The maximum atomic E-state index is 6.28. The van der Waals surface area contributed by atoms with Crippen LogP contribution in [-0.2, 0) is 0 Å². The summed E-state index contributed by atoms with van der Waals surface area (Å²) in [7, 11) is 0. The second-order valence-corrected chi connectivity index (χ2v) is 16.1. The van der Waals surface area contributed by atoms with E-state index in [0.29, 0.717) is 5.82 Å². The van der Waals surface area contributed by atoms with Gasteiger partial charge in [0.2, 0.25) is 0 Å². The third-order valence-electron chi connectivity index (χ3n) is 12.5. The molecule has 0 saturated heterocycles. The van der Waals surface area contributed by atoms with Gasteiger partial charge in [0, 0.05) is 60.4 Å². The lowest BCUT2D eigenvalue weighted by atomic mass is 9.91. The van der Waals surface area contributed by atoms with Crippen LogP contribution in [0, 0.1) is 0 Å². The van der Waals surface area contributed by atoms with Crippen molar-refractivity contribution in [2.75, 3.05) is 0 Å². The highest BCUT2D eigenvalue weighted by Crippen LogP contribution is 2.46. The summed E-state index contributed by atoms with van der Waals surface area (Å²) in [5.41, 5.74) is 15.5. The Morgan fingerprint density at radius 2 is 0.921 bits per heavy atom. The van der Waals surface area contributed by atoms with Crippen LogP contribution in [0.15, 0.2) is 223 Å². The number of hydrogen-bond donors (Lipinski definition) is 0. The molecule has 13 rings (SSSR count). The normalized spacial score (nSPS) is 11.8. The summed E-state index contributed by atoms with van der Waals surface area (Å²) in [4.78, 5) is 10.6. The fourth-order valence-corrected chi connectivity index (χ4v) is 9.74. The number of fused-ring (bicyclic) bond motifs is 9. The maximum absolute atomic E-state index is 6.28. The number of aromatic nitrogens is 4. The van der Waals surface area contributed by atoms with Gasteiger partial charge in [0.25, 0.3) is 0 Å². The Morgan fingerprint density at radius 1 is 0.317 bits per heavy atom. The Bertz CT molecular complexity index is 3840. The average molecular weight is 805 g/mol. The summed E-state index contributed by atoms with van der Waals surface area (Å²) in [5.74, 6) is 0.682. The second kappa shape index (κ2) is 14.0. The van der Waals surface area contributed by atoms with Crippen LogP contribution in [0.25, 0.3) is 122 Å². The lowest BCUT2D eigenvalue weighted by Gasteiger charge is -2.16. The second-order valence-electron chi connectivity index (χ2n) is 16.1. The molecular formula is C58H36N4O. The van der Waals surface area contributed by atoms with Crippen molar-refractivity contribution in [3.05, 3.63) is 218 Å². The van der Waals surface area contributed by atoms with Crippen molar-refractivity contribution in [3.63, 3.8) is 0 Å².